The van der Waals surface area contributed by atoms with Gasteiger partial charge in [0.15, 0.2) is 0 Å². The van der Waals surface area contributed by atoms with E-state index in [-0.39, 0.29) is 69.9 Å². The molecule has 0 unspecified atom stereocenters. The molecule has 0 amide bonds. The highest BCUT2D eigenvalue weighted by Gasteiger charge is 2.06. The number of unbranched alkanes of at least 4 members (excludes halogenated alkanes) is 14. The third-order valence-corrected chi connectivity index (χ3v) is 13.3. The third-order valence-electron chi connectivity index (χ3n) is 13.3. The molecule has 8 rings (SSSR count). The predicted molar refractivity (Wildman–Crippen MR) is 372 cm³/mol. The summed E-state index contributed by atoms with van der Waals surface area (Å²) in [5, 5.41) is 11.8. The summed E-state index contributed by atoms with van der Waals surface area (Å²) in [6.07, 6.45) is 22.5. The quantitative estimate of drug-likeness (QED) is 0.0136. The molecule has 16 N–H and O–H groups in total. The minimum absolute atomic E-state index is 0.162. The molecule has 0 bridgehead atoms. The molecule has 8 aromatic rings. The molecule has 0 aliphatic carbocycles. The number of aromatic amines is 4. The summed E-state index contributed by atoms with van der Waals surface area (Å²) < 4.78 is 0. The van der Waals surface area contributed by atoms with Crippen molar-refractivity contribution in [1.29, 1.82) is 0 Å². The van der Waals surface area contributed by atoms with Gasteiger partial charge in [0.1, 0.15) is 0 Å². The number of hydrogen-bond donors (Lipinski definition) is 12. The standard InChI is InChI=1S/C28H45N5O.C14H17N5O.C13H15N5O.C12H13N5O/c1-2-3-4-5-6-7-8-9-10-11-12-13-14-15-17-22-25-23-26(34)32-28(31-25)33-27(29)30-24-20-18-16-19-21-24;1-2-6-11-9-12(20)18-14(17-11)19-13(15)16-10-7-4-3-5-8-10;1-8-5-3-4-6-10(8)16-12(14)18-13-15-9(2)7-11(19)17-13;1-8-7-10(18)16-12(14-8)17-11(13)15-9-5-3-2-4-6-9/h16,18-21,23H,2-15,17,22H2,1H3,(H4,29,30,31,32,33,34);3-5,7-9H,2,6H2,1H3,(H4,15,16,17,18,19,20);3-7H,1-2H3,(H4,14,15,16,17,18,19);2-7H,1H3,(H4,13,14,15,16,17,18). The summed E-state index contributed by atoms with van der Waals surface area (Å²) in [4.78, 5) is 89.3. The largest absolute Gasteiger partial charge is 0.369 e. The van der Waals surface area contributed by atoms with Crippen LogP contribution in [-0.2, 0) is 12.8 Å². The Morgan fingerprint density at radius 3 is 1.02 bits per heavy atom. The molecule has 0 aliphatic heterocycles. The van der Waals surface area contributed by atoms with Crippen LogP contribution < -0.4 is 66.4 Å². The number of nitrogens with one attached hydrogen (secondary N) is 8. The molecule has 482 valence electrons. The second-order valence-corrected chi connectivity index (χ2v) is 21.4. The zero-order valence-corrected chi connectivity index (χ0v) is 53.0. The molecule has 4 aromatic heterocycles. The van der Waals surface area contributed by atoms with Gasteiger partial charge >= 0.3 is 0 Å². The number of aliphatic imine (C=N–C) groups is 4. The summed E-state index contributed by atoms with van der Waals surface area (Å²) in [7, 11) is 0. The zero-order chi connectivity index (χ0) is 65.4. The smallest absolute Gasteiger partial charge is 0.252 e. The number of aryl methyl sites for hydroxylation is 5. The number of benzene rings is 4. The minimum atomic E-state index is -0.256. The second kappa shape index (κ2) is 40.8. The highest BCUT2D eigenvalue weighted by molar-refractivity contribution is 5.95. The van der Waals surface area contributed by atoms with Crippen LogP contribution in [0.15, 0.2) is 179 Å². The van der Waals surface area contributed by atoms with E-state index in [9.17, 15) is 19.2 Å². The Labute approximate surface area is 531 Å². The summed E-state index contributed by atoms with van der Waals surface area (Å²) in [6.45, 7) is 9.70. The first-order chi connectivity index (χ1) is 44.0. The summed E-state index contributed by atoms with van der Waals surface area (Å²) in [6, 6.07) is 41.8. The van der Waals surface area contributed by atoms with Gasteiger partial charge in [-0.15, -0.1) is 0 Å². The van der Waals surface area contributed by atoms with Crippen LogP contribution in [0.25, 0.3) is 0 Å². The molecule has 24 heteroatoms. The average Bonchev–Trinajstić information content (AvgIpc) is 3.71. The lowest BCUT2D eigenvalue weighted by molar-refractivity contribution is 0.532. The van der Waals surface area contributed by atoms with Gasteiger partial charge in [0.2, 0.25) is 47.6 Å². The van der Waals surface area contributed by atoms with Gasteiger partial charge in [-0.1, -0.05) is 183 Å². The van der Waals surface area contributed by atoms with E-state index in [2.05, 4.69) is 88.0 Å². The van der Waals surface area contributed by atoms with Crippen LogP contribution in [0.3, 0.4) is 0 Å². The van der Waals surface area contributed by atoms with E-state index in [0.29, 0.717) is 17.1 Å². The number of hydrogen-bond acceptors (Lipinski definition) is 12. The topological polar surface area (TPSA) is 385 Å². The van der Waals surface area contributed by atoms with Gasteiger partial charge in [-0.05, 0) is 88.1 Å². The molecule has 0 atom stereocenters. The maximum Gasteiger partial charge on any atom is 0.252 e. The van der Waals surface area contributed by atoms with Crippen LogP contribution in [0.1, 0.15) is 145 Å². The van der Waals surface area contributed by atoms with Crippen LogP contribution in [-0.4, -0.2) is 63.7 Å². The van der Waals surface area contributed by atoms with Gasteiger partial charge in [-0.25, -0.2) is 19.9 Å². The van der Waals surface area contributed by atoms with Crippen LogP contribution in [0.2, 0.25) is 0 Å². The summed E-state index contributed by atoms with van der Waals surface area (Å²) in [5.74, 6) is 1.51. The molecule has 24 nitrogen and oxygen atoms in total. The number of anilines is 4. The maximum absolute atomic E-state index is 12.0. The first kappa shape index (κ1) is 71.2. The molecule has 91 heavy (non-hydrogen) atoms. The first-order valence-corrected chi connectivity index (χ1v) is 31.0. The summed E-state index contributed by atoms with van der Waals surface area (Å²) >= 11 is 0. The molecule has 0 radical (unpaired) electrons. The minimum Gasteiger partial charge on any atom is -0.369 e. The SMILES string of the molecule is CCCCCCCCCCCCCCCCCc1cc(=O)[nH]c(N=C(N)Nc2ccccc2)n1.CCCc1cc(=O)[nH]c(N=C(N)Nc2ccccc2)n1.Cc1cc(=O)[nH]c(N=C(N)Nc2ccccc2)n1.Cc1cc(=O)[nH]c(N=C(N)Nc2ccccc2C)n1. The molecule has 0 saturated carbocycles. The monoisotopic (exact) mass is 1240 g/mol. The average molecular weight is 1240 g/mol. The van der Waals surface area contributed by atoms with Crippen LogP contribution >= 0.6 is 0 Å². The lowest BCUT2D eigenvalue weighted by Gasteiger charge is -2.07. The van der Waals surface area contributed by atoms with Crippen molar-refractivity contribution < 1.29 is 0 Å². The van der Waals surface area contributed by atoms with Gasteiger partial charge in [0.25, 0.3) is 22.2 Å². The van der Waals surface area contributed by atoms with Crippen molar-refractivity contribution in [1.82, 2.24) is 39.9 Å². The summed E-state index contributed by atoms with van der Waals surface area (Å²) in [5.41, 5.74) is 29.3. The second-order valence-electron chi connectivity index (χ2n) is 21.4. The Kier molecular flexibility index (Phi) is 32.0. The Bertz CT molecular complexity index is 3790. The van der Waals surface area contributed by atoms with E-state index in [0.717, 1.165) is 59.7 Å². The predicted octanol–water partition coefficient (Wildman–Crippen LogP) is 11.6. The van der Waals surface area contributed by atoms with Crippen molar-refractivity contribution in [2.75, 3.05) is 21.3 Å². The van der Waals surface area contributed by atoms with Crippen LogP contribution in [0, 0.1) is 20.8 Å². The van der Waals surface area contributed by atoms with Crippen molar-refractivity contribution in [3.63, 3.8) is 0 Å². The molecule has 4 heterocycles. The lowest BCUT2D eigenvalue weighted by atomic mass is 10.0. The van der Waals surface area contributed by atoms with E-state index >= 15 is 0 Å². The Morgan fingerprint density at radius 2 is 0.670 bits per heavy atom. The normalized spacial score (nSPS) is 11.4. The van der Waals surface area contributed by atoms with Gasteiger partial charge in [-0.2, -0.15) is 20.0 Å². The van der Waals surface area contributed by atoms with E-state index in [1.165, 1.54) is 108 Å². The van der Waals surface area contributed by atoms with E-state index in [1.54, 1.807) is 19.9 Å². The van der Waals surface area contributed by atoms with Gasteiger partial charge in [-0.3, -0.25) is 39.1 Å². The molecule has 0 fully saturated rings. The molecular weight excluding hydrogens is 1150 g/mol. The van der Waals surface area contributed by atoms with E-state index in [4.69, 9.17) is 22.9 Å². The number of guanidine groups is 4. The highest BCUT2D eigenvalue weighted by Crippen LogP contribution is 2.17. The van der Waals surface area contributed by atoms with Crippen molar-refractivity contribution in [3.05, 3.63) is 209 Å². The van der Waals surface area contributed by atoms with Crippen molar-refractivity contribution in [2.45, 2.75) is 150 Å². The molecule has 4 aromatic carbocycles. The third kappa shape index (κ3) is 30.8. The van der Waals surface area contributed by atoms with Crippen LogP contribution in [0.5, 0.6) is 0 Å². The van der Waals surface area contributed by atoms with Gasteiger partial charge in [0.05, 0.1) is 0 Å². The Balaban J connectivity index is 0.000000229. The van der Waals surface area contributed by atoms with Crippen molar-refractivity contribution in [2.24, 2.45) is 42.9 Å². The fourth-order valence-corrected chi connectivity index (χ4v) is 8.94. The van der Waals surface area contributed by atoms with E-state index in [1.807, 2.05) is 129 Å². The fourth-order valence-electron chi connectivity index (χ4n) is 8.94. The van der Waals surface area contributed by atoms with Crippen molar-refractivity contribution >= 4 is 70.4 Å². The molecule has 0 aliphatic rings. The van der Waals surface area contributed by atoms with Crippen LogP contribution in [0.4, 0.5) is 46.5 Å². The van der Waals surface area contributed by atoms with Gasteiger partial charge in [0, 0.05) is 69.8 Å². The first-order valence-electron chi connectivity index (χ1n) is 31.0. The number of rotatable bonds is 26. The maximum atomic E-state index is 12.0. The van der Waals surface area contributed by atoms with Gasteiger partial charge < -0.3 is 44.2 Å². The number of aromatic nitrogens is 8. The lowest BCUT2D eigenvalue weighted by Crippen LogP contribution is -2.23. The fraction of sp³-hybridized carbons (Fsp3) is 0.343. The Morgan fingerprint density at radius 1 is 0.363 bits per heavy atom. The van der Waals surface area contributed by atoms with Crippen molar-refractivity contribution in [3.8, 4) is 0 Å². The van der Waals surface area contributed by atoms with E-state index < -0.39 is 0 Å². The molecular formula is C67H90N20O4. The number of nitrogens with zero attached hydrogens (tertiary/aromatic N) is 8. The highest BCUT2D eigenvalue weighted by atomic mass is 16.1. The number of H-pyrrole nitrogens is 4. The molecule has 0 saturated heterocycles. The zero-order valence-electron chi connectivity index (χ0n) is 53.0. The number of nitrogens with two attached hydrogens (primary N) is 4. The Hall–Kier alpha value is -10.5. The molecule has 0 spiro atoms. The number of para-hydroxylation sites is 4.